The average Bonchev–Trinajstić information content (AvgIpc) is 3.19. The number of rotatable bonds is 17. The lowest BCUT2D eigenvalue weighted by Gasteiger charge is -2.47. The second kappa shape index (κ2) is 18.5. The Morgan fingerprint density at radius 1 is 0.373 bits per heavy atom. The molecule has 1 saturated carbocycles. The van der Waals surface area contributed by atoms with Crippen LogP contribution in [0.1, 0.15) is 27.8 Å². The van der Waals surface area contributed by atoms with Crippen LogP contribution < -0.4 is 9.47 Å². The summed E-state index contributed by atoms with van der Waals surface area (Å²) in [7, 11) is 3.31. The molecule has 0 radical (unpaired) electrons. The minimum absolute atomic E-state index is 0.311. The minimum atomic E-state index is -0.596. The molecule has 5 atom stereocenters. The zero-order valence-corrected chi connectivity index (χ0v) is 29.3. The van der Waals surface area contributed by atoms with E-state index in [1.54, 1.807) is 14.2 Å². The standard InChI is InChI=1S/C44H46O7/c1-32-40(47-27-33-13-7-4-8-14-33)42(49-29-35-17-11-6-12-18-35)44(51-31-37-21-25-39(46-3)26-22-37)43(41(32)48-28-34-15-9-5-10-16-34)50-30-36-19-23-38(45-2)24-20-36/h4-26,40-44H,1,27-31H2,2-3H3/t40-,41-,42-,43+,44+/m0/s1. The van der Waals surface area contributed by atoms with Crippen molar-refractivity contribution in [2.45, 2.75) is 63.6 Å². The summed E-state index contributed by atoms with van der Waals surface area (Å²) in [5.41, 5.74) is 5.84. The van der Waals surface area contributed by atoms with Gasteiger partial charge in [0.25, 0.3) is 0 Å². The van der Waals surface area contributed by atoms with Gasteiger partial charge in [-0.25, -0.2) is 0 Å². The monoisotopic (exact) mass is 686 g/mol. The predicted molar refractivity (Wildman–Crippen MR) is 197 cm³/mol. The van der Waals surface area contributed by atoms with Crippen LogP contribution in [0.2, 0.25) is 0 Å². The van der Waals surface area contributed by atoms with Crippen molar-refractivity contribution in [2.24, 2.45) is 0 Å². The van der Waals surface area contributed by atoms with Crippen molar-refractivity contribution in [3.8, 4) is 11.5 Å². The Kier molecular flexibility index (Phi) is 13.1. The molecule has 0 spiro atoms. The molecule has 0 heterocycles. The number of hydrogen-bond acceptors (Lipinski definition) is 7. The van der Waals surface area contributed by atoms with Gasteiger partial charge in [-0.2, -0.15) is 0 Å². The molecule has 0 N–H and O–H groups in total. The molecular weight excluding hydrogens is 640 g/mol. The maximum atomic E-state index is 6.88. The van der Waals surface area contributed by atoms with E-state index in [0.717, 1.165) is 44.9 Å². The van der Waals surface area contributed by atoms with E-state index in [9.17, 15) is 0 Å². The van der Waals surface area contributed by atoms with Crippen LogP contribution in [-0.4, -0.2) is 44.7 Å². The Hall–Kier alpha value is -4.76. The lowest BCUT2D eigenvalue weighted by molar-refractivity contribution is -0.229. The Labute approximate surface area is 301 Å². The molecule has 1 aliphatic carbocycles. The van der Waals surface area contributed by atoms with Crippen molar-refractivity contribution in [1.82, 2.24) is 0 Å². The molecule has 5 aromatic rings. The van der Waals surface area contributed by atoms with E-state index in [4.69, 9.17) is 33.2 Å². The van der Waals surface area contributed by atoms with Crippen molar-refractivity contribution in [1.29, 1.82) is 0 Å². The van der Waals surface area contributed by atoms with Gasteiger partial charge in [-0.3, -0.25) is 0 Å². The Morgan fingerprint density at radius 2 is 0.667 bits per heavy atom. The van der Waals surface area contributed by atoms with Crippen LogP contribution in [0, 0.1) is 0 Å². The summed E-state index contributed by atoms with van der Waals surface area (Å²) in [5, 5.41) is 0. The summed E-state index contributed by atoms with van der Waals surface area (Å²) in [6, 6.07) is 46.0. The van der Waals surface area contributed by atoms with E-state index in [2.05, 4.69) is 6.58 Å². The minimum Gasteiger partial charge on any atom is -0.497 e. The molecule has 0 amide bonds. The van der Waals surface area contributed by atoms with Crippen LogP contribution in [0.15, 0.2) is 152 Å². The molecular formula is C44H46O7. The van der Waals surface area contributed by atoms with E-state index in [-0.39, 0.29) is 0 Å². The number of ether oxygens (including phenoxy) is 7. The van der Waals surface area contributed by atoms with Crippen molar-refractivity contribution in [3.63, 3.8) is 0 Å². The first-order valence-corrected chi connectivity index (χ1v) is 17.3. The third-order valence-electron chi connectivity index (χ3n) is 9.01. The zero-order chi connectivity index (χ0) is 35.3. The highest BCUT2D eigenvalue weighted by molar-refractivity contribution is 5.29. The molecule has 0 unspecified atom stereocenters. The third-order valence-corrected chi connectivity index (χ3v) is 9.01. The van der Waals surface area contributed by atoms with Gasteiger partial charge in [0.15, 0.2) is 0 Å². The molecule has 0 bridgehead atoms. The molecule has 0 saturated heterocycles. The Morgan fingerprint density at radius 3 is 1.00 bits per heavy atom. The van der Waals surface area contributed by atoms with Crippen LogP contribution in [0.3, 0.4) is 0 Å². The maximum Gasteiger partial charge on any atom is 0.118 e. The summed E-state index contributed by atoms with van der Waals surface area (Å²) >= 11 is 0. The van der Waals surface area contributed by atoms with Gasteiger partial charge in [0, 0.05) is 0 Å². The van der Waals surface area contributed by atoms with Crippen LogP contribution in [0.4, 0.5) is 0 Å². The van der Waals surface area contributed by atoms with Gasteiger partial charge in [-0.1, -0.05) is 122 Å². The van der Waals surface area contributed by atoms with Gasteiger partial charge in [-0.05, 0) is 57.7 Å². The highest BCUT2D eigenvalue weighted by atomic mass is 16.6. The second-order valence-corrected chi connectivity index (χ2v) is 12.5. The van der Waals surface area contributed by atoms with E-state index < -0.39 is 30.5 Å². The smallest absolute Gasteiger partial charge is 0.118 e. The highest BCUT2D eigenvalue weighted by Crippen LogP contribution is 2.37. The van der Waals surface area contributed by atoms with Crippen molar-refractivity contribution < 1.29 is 33.2 Å². The molecule has 1 aliphatic rings. The largest absolute Gasteiger partial charge is 0.497 e. The normalized spacial score (nSPS) is 20.2. The molecule has 1 fully saturated rings. The molecule has 264 valence electrons. The predicted octanol–water partition coefficient (Wildman–Crippen LogP) is 8.50. The maximum absolute atomic E-state index is 6.88. The fraction of sp³-hybridized carbons (Fsp3) is 0.273. The molecule has 7 nitrogen and oxygen atoms in total. The first-order valence-electron chi connectivity index (χ1n) is 17.3. The molecule has 7 heteroatoms. The fourth-order valence-electron chi connectivity index (χ4n) is 6.19. The van der Waals surface area contributed by atoms with Crippen molar-refractivity contribution in [3.05, 3.63) is 179 Å². The van der Waals surface area contributed by atoms with Crippen LogP contribution in [0.5, 0.6) is 11.5 Å². The summed E-state index contributed by atoms with van der Waals surface area (Å²) in [4.78, 5) is 0. The second-order valence-electron chi connectivity index (χ2n) is 12.5. The zero-order valence-electron chi connectivity index (χ0n) is 29.3. The number of methoxy groups -OCH3 is 2. The number of hydrogen-bond donors (Lipinski definition) is 0. The van der Waals surface area contributed by atoms with E-state index in [0.29, 0.717) is 33.0 Å². The third kappa shape index (κ3) is 9.94. The molecule has 6 rings (SSSR count). The quantitative estimate of drug-likeness (QED) is 0.0910. The van der Waals surface area contributed by atoms with Gasteiger partial charge in [0.05, 0.1) is 47.3 Å². The molecule has 0 aliphatic heterocycles. The lowest BCUT2D eigenvalue weighted by Crippen LogP contribution is -2.61. The number of benzene rings is 5. The molecule has 51 heavy (non-hydrogen) atoms. The molecule has 5 aromatic carbocycles. The summed E-state index contributed by atoms with van der Waals surface area (Å²) in [6.45, 7) is 6.32. The SMILES string of the molecule is C=C1[C@H](OCc2ccccc2)[C@H](OCc2ccccc2)[C@@H](OCc2ccc(OC)cc2)[C@H](OCc2ccc(OC)cc2)[C@H]1OCc1ccccc1. The first kappa shape index (κ1) is 36.0. The van der Waals surface area contributed by atoms with Crippen LogP contribution >= 0.6 is 0 Å². The van der Waals surface area contributed by atoms with Crippen molar-refractivity contribution >= 4 is 0 Å². The van der Waals surface area contributed by atoms with E-state index in [1.807, 2.05) is 140 Å². The van der Waals surface area contributed by atoms with Gasteiger partial charge in [0.1, 0.15) is 42.0 Å². The topological polar surface area (TPSA) is 64.6 Å². The average molecular weight is 687 g/mol. The van der Waals surface area contributed by atoms with Gasteiger partial charge >= 0.3 is 0 Å². The Bertz CT molecular complexity index is 1750. The van der Waals surface area contributed by atoms with E-state index >= 15 is 0 Å². The summed E-state index contributed by atoms with van der Waals surface area (Å²) in [6.07, 6.45) is -2.88. The highest BCUT2D eigenvalue weighted by Gasteiger charge is 2.51. The fourth-order valence-corrected chi connectivity index (χ4v) is 6.19. The summed E-state index contributed by atoms with van der Waals surface area (Å²) in [5.74, 6) is 1.56. The van der Waals surface area contributed by atoms with Gasteiger partial charge < -0.3 is 33.2 Å². The van der Waals surface area contributed by atoms with Gasteiger partial charge in [0.2, 0.25) is 0 Å². The van der Waals surface area contributed by atoms with Crippen LogP contribution in [-0.2, 0) is 56.7 Å². The van der Waals surface area contributed by atoms with Gasteiger partial charge in [-0.15, -0.1) is 0 Å². The Balaban J connectivity index is 1.35. The summed E-state index contributed by atoms with van der Waals surface area (Å²) < 4.78 is 44.8. The molecule has 0 aromatic heterocycles. The first-order chi connectivity index (χ1) is 25.1. The van der Waals surface area contributed by atoms with Crippen LogP contribution in [0.25, 0.3) is 0 Å². The lowest BCUT2D eigenvalue weighted by atomic mass is 9.82. The van der Waals surface area contributed by atoms with E-state index in [1.165, 1.54) is 0 Å². The van der Waals surface area contributed by atoms with Crippen molar-refractivity contribution in [2.75, 3.05) is 14.2 Å².